The first-order valence-corrected chi connectivity index (χ1v) is 8.64. The minimum absolute atomic E-state index is 0.0528. The fourth-order valence-corrected chi connectivity index (χ4v) is 3.61. The van der Waals surface area contributed by atoms with Gasteiger partial charge in [-0.25, -0.2) is 0 Å². The molecule has 0 radical (unpaired) electrons. The van der Waals surface area contributed by atoms with E-state index in [0.29, 0.717) is 6.04 Å². The molecule has 2 aromatic rings. The molecule has 0 amide bonds. The topological polar surface area (TPSA) is 21.3 Å². The SMILES string of the molecule is CCCNC(CCC(C)(C)OC)c1cc2ccccc2s1. The van der Waals surface area contributed by atoms with Crippen LogP contribution < -0.4 is 5.32 Å². The Morgan fingerprint density at radius 2 is 2.05 bits per heavy atom. The molecule has 116 valence electrons. The number of hydrogen-bond donors (Lipinski definition) is 1. The Labute approximate surface area is 132 Å². The molecule has 2 nitrogen and oxygen atoms in total. The molecular weight excluding hydrogens is 278 g/mol. The predicted molar refractivity (Wildman–Crippen MR) is 93.2 cm³/mol. The van der Waals surface area contributed by atoms with Crippen molar-refractivity contribution in [2.24, 2.45) is 0 Å². The highest BCUT2D eigenvalue weighted by Crippen LogP contribution is 2.33. The molecule has 0 aliphatic heterocycles. The molecule has 1 N–H and O–H groups in total. The van der Waals surface area contributed by atoms with Crippen molar-refractivity contribution < 1.29 is 4.74 Å². The molecule has 0 spiro atoms. The molecule has 1 aromatic heterocycles. The summed E-state index contributed by atoms with van der Waals surface area (Å²) in [5, 5.41) is 5.05. The van der Waals surface area contributed by atoms with Crippen LogP contribution in [0.15, 0.2) is 30.3 Å². The summed E-state index contributed by atoms with van der Waals surface area (Å²) < 4.78 is 6.94. The molecule has 0 bridgehead atoms. The van der Waals surface area contributed by atoms with Gasteiger partial charge in [0.15, 0.2) is 0 Å². The van der Waals surface area contributed by atoms with Crippen molar-refractivity contribution in [3.63, 3.8) is 0 Å². The number of hydrogen-bond acceptors (Lipinski definition) is 3. The molecule has 1 unspecified atom stereocenters. The van der Waals surface area contributed by atoms with E-state index in [1.165, 1.54) is 15.0 Å². The van der Waals surface area contributed by atoms with Crippen molar-refractivity contribution in [3.8, 4) is 0 Å². The number of rotatable bonds is 8. The third-order valence-corrected chi connectivity index (χ3v) is 5.25. The van der Waals surface area contributed by atoms with E-state index in [9.17, 15) is 0 Å². The number of methoxy groups -OCH3 is 1. The predicted octanol–water partition coefficient (Wildman–Crippen LogP) is 5.15. The largest absolute Gasteiger partial charge is 0.379 e. The van der Waals surface area contributed by atoms with Crippen LogP contribution in [0.2, 0.25) is 0 Å². The maximum absolute atomic E-state index is 5.56. The fourth-order valence-electron chi connectivity index (χ4n) is 2.43. The van der Waals surface area contributed by atoms with Crippen LogP contribution in [0.25, 0.3) is 10.1 Å². The Balaban J connectivity index is 2.14. The van der Waals surface area contributed by atoms with Gasteiger partial charge < -0.3 is 10.1 Å². The Morgan fingerprint density at radius 3 is 2.71 bits per heavy atom. The Hall–Kier alpha value is -0.900. The third-order valence-electron chi connectivity index (χ3n) is 4.02. The molecule has 0 aliphatic rings. The van der Waals surface area contributed by atoms with Crippen LogP contribution in [0.5, 0.6) is 0 Å². The average Bonchev–Trinajstić information content (AvgIpc) is 2.91. The normalized spacial score (nSPS) is 13.7. The van der Waals surface area contributed by atoms with Crippen molar-refractivity contribution in [1.29, 1.82) is 0 Å². The summed E-state index contributed by atoms with van der Waals surface area (Å²) >= 11 is 1.91. The van der Waals surface area contributed by atoms with E-state index in [0.717, 1.165) is 25.8 Å². The molecule has 1 aromatic carbocycles. The van der Waals surface area contributed by atoms with Crippen LogP contribution in [-0.2, 0) is 4.74 Å². The van der Waals surface area contributed by atoms with E-state index >= 15 is 0 Å². The van der Waals surface area contributed by atoms with E-state index in [4.69, 9.17) is 4.74 Å². The van der Waals surface area contributed by atoms with Crippen molar-refractivity contribution in [2.75, 3.05) is 13.7 Å². The molecule has 21 heavy (non-hydrogen) atoms. The van der Waals surface area contributed by atoms with Crippen LogP contribution >= 0.6 is 11.3 Å². The Bertz CT molecular complexity index is 528. The van der Waals surface area contributed by atoms with Crippen LogP contribution in [0, 0.1) is 0 Å². The zero-order chi connectivity index (χ0) is 15.3. The van der Waals surface area contributed by atoms with Crippen molar-refractivity contribution >= 4 is 21.4 Å². The Morgan fingerprint density at radius 1 is 1.29 bits per heavy atom. The summed E-state index contributed by atoms with van der Waals surface area (Å²) in [6.45, 7) is 7.60. The second-order valence-corrected chi connectivity index (χ2v) is 7.31. The molecule has 1 atom stereocenters. The van der Waals surface area contributed by atoms with Crippen molar-refractivity contribution in [2.45, 2.75) is 51.7 Å². The number of fused-ring (bicyclic) bond motifs is 1. The maximum atomic E-state index is 5.56. The highest BCUT2D eigenvalue weighted by Gasteiger charge is 2.21. The summed E-state index contributed by atoms with van der Waals surface area (Å²) in [6, 6.07) is 11.4. The first kappa shape index (κ1) is 16.5. The van der Waals surface area contributed by atoms with E-state index in [-0.39, 0.29) is 5.60 Å². The lowest BCUT2D eigenvalue weighted by atomic mass is 9.98. The smallest absolute Gasteiger partial charge is 0.0623 e. The summed E-state index contributed by atoms with van der Waals surface area (Å²) in [5.74, 6) is 0. The highest BCUT2D eigenvalue weighted by molar-refractivity contribution is 7.19. The number of benzene rings is 1. The van der Waals surface area contributed by atoms with E-state index in [1.54, 1.807) is 7.11 Å². The van der Waals surface area contributed by atoms with Gasteiger partial charge in [-0.2, -0.15) is 0 Å². The molecule has 1 heterocycles. The zero-order valence-corrected chi connectivity index (χ0v) is 14.4. The first-order chi connectivity index (χ1) is 10.1. The van der Waals surface area contributed by atoms with Gasteiger partial charge in [-0.1, -0.05) is 25.1 Å². The lowest BCUT2D eigenvalue weighted by molar-refractivity contribution is 0.0117. The van der Waals surface area contributed by atoms with Gasteiger partial charge in [0.25, 0.3) is 0 Å². The molecule has 2 rings (SSSR count). The molecule has 0 aliphatic carbocycles. The minimum atomic E-state index is -0.0528. The van der Waals surface area contributed by atoms with Gasteiger partial charge in [-0.05, 0) is 57.2 Å². The van der Waals surface area contributed by atoms with Crippen molar-refractivity contribution in [1.82, 2.24) is 5.32 Å². The third kappa shape index (κ3) is 4.53. The summed E-state index contributed by atoms with van der Waals surface area (Å²) in [5.41, 5.74) is -0.0528. The number of ether oxygens (including phenoxy) is 1. The molecule has 0 fully saturated rings. The van der Waals surface area contributed by atoms with Gasteiger partial charge >= 0.3 is 0 Å². The average molecular weight is 305 g/mol. The fraction of sp³-hybridized carbons (Fsp3) is 0.556. The van der Waals surface area contributed by atoms with Gasteiger partial charge in [0.2, 0.25) is 0 Å². The monoisotopic (exact) mass is 305 g/mol. The lowest BCUT2D eigenvalue weighted by Gasteiger charge is -2.26. The summed E-state index contributed by atoms with van der Waals surface area (Å²) in [7, 11) is 1.80. The van der Waals surface area contributed by atoms with E-state index in [2.05, 4.69) is 56.4 Å². The molecule has 0 saturated heterocycles. The molecule has 0 saturated carbocycles. The molecular formula is C18H27NOS. The summed E-state index contributed by atoms with van der Waals surface area (Å²) in [4.78, 5) is 1.44. The lowest BCUT2D eigenvalue weighted by Crippen LogP contribution is -2.27. The molecule has 3 heteroatoms. The van der Waals surface area contributed by atoms with E-state index < -0.39 is 0 Å². The maximum Gasteiger partial charge on any atom is 0.0623 e. The summed E-state index contributed by atoms with van der Waals surface area (Å²) in [6.07, 6.45) is 3.32. The van der Waals surface area contributed by atoms with Gasteiger partial charge in [0, 0.05) is 22.7 Å². The number of nitrogens with one attached hydrogen (secondary N) is 1. The van der Waals surface area contributed by atoms with Crippen LogP contribution in [0.1, 0.15) is 51.0 Å². The van der Waals surface area contributed by atoms with Crippen molar-refractivity contribution in [3.05, 3.63) is 35.2 Å². The van der Waals surface area contributed by atoms with Gasteiger partial charge in [-0.3, -0.25) is 0 Å². The van der Waals surface area contributed by atoms with Gasteiger partial charge in [0.1, 0.15) is 0 Å². The second kappa shape index (κ2) is 7.39. The van der Waals surface area contributed by atoms with Crippen LogP contribution in [0.3, 0.4) is 0 Å². The quantitative estimate of drug-likeness (QED) is 0.728. The first-order valence-electron chi connectivity index (χ1n) is 7.83. The van der Waals surface area contributed by atoms with Crippen LogP contribution in [-0.4, -0.2) is 19.3 Å². The Kier molecular flexibility index (Phi) is 5.80. The standard InChI is InChI=1S/C18H27NOS/c1-5-12-19-15(10-11-18(2,3)20-4)17-13-14-8-6-7-9-16(14)21-17/h6-9,13,15,19H,5,10-12H2,1-4H3. The number of thiophene rings is 1. The minimum Gasteiger partial charge on any atom is -0.379 e. The second-order valence-electron chi connectivity index (χ2n) is 6.20. The highest BCUT2D eigenvalue weighted by atomic mass is 32.1. The van der Waals surface area contributed by atoms with Gasteiger partial charge in [-0.15, -0.1) is 11.3 Å². The zero-order valence-electron chi connectivity index (χ0n) is 13.6. The van der Waals surface area contributed by atoms with E-state index in [1.807, 2.05) is 11.3 Å². The van der Waals surface area contributed by atoms with Gasteiger partial charge in [0.05, 0.1) is 5.60 Å². The van der Waals surface area contributed by atoms with Crippen LogP contribution in [0.4, 0.5) is 0 Å².